The molecule has 240 valence electrons. The van der Waals surface area contributed by atoms with Crippen molar-refractivity contribution in [3.05, 3.63) is 131 Å². The van der Waals surface area contributed by atoms with Gasteiger partial charge in [-0.2, -0.15) is 0 Å². The zero-order valence-corrected chi connectivity index (χ0v) is 26.1. The number of likely N-dealkylation sites (tertiary alicyclic amines) is 1. The lowest BCUT2D eigenvalue weighted by atomic mass is 9.99. The van der Waals surface area contributed by atoms with E-state index in [0.717, 1.165) is 64.9 Å². The number of aliphatic hydroxyl groups excluding tert-OH is 2. The molecule has 0 spiro atoms. The Bertz CT molecular complexity index is 1550. The predicted octanol–water partition coefficient (Wildman–Crippen LogP) is 5.85. The molecule has 2 amide bonds. The van der Waals surface area contributed by atoms with Gasteiger partial charge in [-0.15, -0.1) is 0 Å². The van der Waals surface area contributed by atoms with E-state index in [-0.39, 0.29) is 37.5 Å². The van der Waals surface area contributed by atoms with E-state index in [1.54, 1.807) is 0 Å². The van der Waals surface area contributed by atoms with Crippen molar-refractivity contribution in [2.24, 2.45) is 0 Å². The van der Waals surface area contributed by atoms with Gasteiger partial charge in [-0.05, 0) is 58.8 Å². The molecule has 0 aliphatic carbocycles. The number of carbonyl (C=O) groups excluding carboxylic acids is 1. The van der Waals surface area contributed by atoms with Crippen LogP contribution in [0.4, 0.5) is 4.79 Å². The second kappa shape index (κ2) is 15.5. The highest BCUT2D eigenvalue weighted by atomic mass is 16.7. The number of urea groups is 1. The maximum Gasteiger partial charge on any atom is 0.315 e. The molecule has 0 unspecified atom stereocenters. The van der Waals surface area contributed by atoms with Crippen LogP contribution in [0.15, 0.2) is 103 Å². The number of ether oxygens (including phenoxy) is 2. The van der Waals surface area contributed by atoms with Crippen LogP contribution in [-0.4, -0.2) is 53.0 Å². The first-order valence-electron chi connectivity index (χ1n) is 16.2. The molecule has 2 aliphatic rings. The summed E-state index contributed by atoms with van der Waals surface area (Å²) in [5.41, 5.74) is 7.06. The summed E-state index contributed by atoms with van der Waals surface area (Å²) < 4.78 is 13.1. The average molecular weight is 622 g/mol. The van der Waals surface area contributed by atoms with Crippen molar-refractivity contribution in [3.63, 3.8) is 0 Å². The first kappa shape index (κ1) is 31.9. The third-order valence-electron chi connectivity index (χ3n) is 8.96. The van der Waals surface area contributed by atoms with Crippen LogP contribution >= 0.6 is 0 Å². The summed E-state index contributed by atoms with van der Waals surface area (Å²) in [6, 6.07) is 34.2. The molecule has 4 atom stereocenters. The molecule has 8 heteroatoms. The van der Waals surface area contributed by atoms with Gasteiger partial charge in [0.25, 0.3) is 0 Å². The summed E-state index contributed by atoms with van der Waals surface area (Å²) in [4.78, 5) is 14.7. The molecule has 0 saturated carbocycles. The number of hydrogen-bond acceptors (Lipinski definition) is 6. The first-order valence-corrected chi connectivity index (χ1v) is 16.2. The van der Waals surface area contributed by atoms with Crippen LogP contribution in [0.3, 0.4) is 0 Å². The van der Waals surface area contributed by atoms with Gasteiger partial charge in [0.2, 0.25) is 0 Å². The third-order valence-corrected chi connectivity index (χ3v) is 8.96. The fourth-order valence-electron chi connectivity index (χ4n) is 6.35. The summed E-state index contributed by atoms with van der Waals surface area (Å²) in [6.07, 6.45) is 2.07. The number of nitrogens with one attached hydrogen (secondary N) is 2. The number of benzene rings is 4. The molecule has 0 bridgehead atoms. The Morgan fingerprint density at radius 1 is 0.761 bits per heavy atom. The lowest BCUT2D eigenvalue weighted by Crippen LogP contribution is -2.42. The second-order valence-corrected chi connectivity index (χ2v) is 12.2. The highest BCUT2D eigenvalue weighted by Gasteiger charge is 2.35. The highest BCUT2D eigenvalue weighted by molar-refractivity contribution is 5.74. The first-order chi connectivity index (χ1) is 22.6. The molecule has 0 radical (unpaired) electrons. The largest absolute Gasteiger partial charge is 0.395 e. The zero-order chi connectivity index (χ0) is 31.7. The van der Waals surface area contributed by atoms with Crippen molar-refractivity contribution in [2.75, 3.05) is 19.7 Å². The summed E-state index contributed by atoms with van der Waals surface area (Å²) in [6.45, 7) is 2.79. The minimum absolute atomic E-state index is 0.00747. The number of amides is 2. The Morgan fingerprint density at radius 3 is 2.22 bits per heavy atom. The molecule has 4 N–H and O–H groups in total. The third kappa shape index (κ3) is 8.20. The molecular formula is C38H43N3O5. The lowest BCUT2D eigenvalue weighted by Gasteiger charge is -2.38. The fraction of sp³-hybridized carbons (Fsp3) is 0.342. The van der Waals surface area contributed by atoms with Gasteiger partial charge in [-0.3, -0.25) is 4.90 Å². The topological polar surface area (TPSA) is 103 Å². The Balaban J connectivity index is 1.11. The Labute approximate surface area is 271 Å². The van der Waals surface area contributed by atoms with Crippen LogP contribution < -0.4 is 10.6 Å². The average Bonchev–Trinajstić information content (AvgIpc) is 3.57. The van der Waals surface area contributed by atoms with Crippen molar-refractivity contribution in [2.45, 2.75) is 63.5 Å². The Morgan fingerprint density at radius 2 is 1.48 bits per heavy atom. The van der Waals surface area contributed by atoms with E-state index >= 15 is 0 Å². The molecule has 2 heterocycles. The number of hydrogen-bond donors (Lipinski definition) is 4. The molecule has 2 fully saturated rings. The second-order valence-electron chi connectivity index (χ2n) is 12.2. The molecule has 6 rings (SSSR count). The maximum absolute atomic E-state index is 12.4. The van der Waals surface area contributed by atoms with Gasteiger partial charge in [0.1, 0.15) is 0 Å². The number of carbonyl (C=O) groups is 1. The highest BCUT2D eigenvalue weighted by Crippen LogP contribution is 2.39. The molecule has 0 aromatic heterocycles. The monoisotopic (exact) mass is 621 g/mol. The van der Waals surface area contributed by atoms with Crippen LogP contribution in [0.1, 0.15) is 59.5 Å². The number of aliphatic hydroxyl groups is 2. The van der Waals surface area contributed by atoms with Gasteiger partial charge in [-0.25, -0.2) is 4.79 Å². The SMILES string of the molecule is O=C(NCc1ccccc1)NCc1cccc(-c2ccc([C@@H]3O[C@H](CN4CCC[C@H]4CO)C[C@H](c4ccc(CO)cc4)O3)cc2)c1. The van der Waals surface area contributed by atoms with Crippen LogP contribution in [-0.2, 0) is 29.2 Å². The smallest absolute Gasteiger partial charge is 0.315 e. The Kier molecular flexibility index (Phi) is 10.7. The van der Waals surface area contributed by atoms with Gasteiger partial charge in [0, 0.05) is 37.7 Å². The number of rotatable bonds is 11. The van der Waals surface area contributed by atoms with E-state index in [1.807, 2.05) is 66.7 Å². The van der Waals surface area contributed by atoms with E-state index in [2.05, 4.69) is 51.9 Å². The standard InChI is InChI=1S/C38H43N3O5/c42-25-28-11-13-31(14-12-28)36-21-35(24-41-19-5-10-34(41)26-43)45-37(46-36)32-17-15-30(16-18-32)33-9-4-8-29(20-33)23-40-38(44)39-22-27-6-2-1-3-7-27/h1-4,6-9,11-18,20,34-37,42-43H,5,10,19,21-26H2,(H2,39,40,44)/t34-,35-,36+,37+/m0/s1. The van der Waals surface area contributed by atoms with Crippen LogP contribution in [0.2, 0.25) is 0 Å². The van der Waals surface area contributed by atoms with Gasteiger partial charge in [-0.1, -0.05) is 97.1 Å². The van der Waals surface area contributed by atoms with Crippen LogP contribution in [0.25, 0.3) is 11.1 Å². The summed E-state index contributed by atoms with van der Waals surface area (Å²) in [5, 5.41) is 25.2. The molecule has 2 aliphatic heterocycles. The van der Waals surface area contributed by atoms with E-state index < -0.39 is 6.29 Å². The predicted molar refractivity (Wildman–Crippen MR) is 177 cm³/mol. The van der Waals surface area contributed by atoms with Crippen LogP contribution in [0.5, 0.6) is 0 Å². The Hall–Kier alpha value is -4.05. The minimum Gasteiger partial charge on any atom is -0.395 e. The van der Waals surface area contributed by atoms with Crippen molar-refractivity contribution in [3.8, 4) is 11.1 Å². The van der Waals surface area contributed by atoms with Gasteiger partial charge in [0.15, 0.2) is 6.29 Å². The number of nitrogens with zero attached hydrogens (tertiary/aromatic N) is 1. The summed E-state index contributed by atoms with van der Waals surface area (Å²) in [7, 11) is 0. The molecule has 8 nitrogen and oxygen atoms in total. The zero-order valence-electron chi connectivity index (χ0n) is 26.1. The van der Waals surface area contributed by atoms with Crippen LogP contribution in [0, 0.1) is 0 Å². The lowest BCUT2D eigenvalue weighted by molar-refractivity contribution is -0.253. The normalized spacial score (nSPS) is 21.6. The molecule has 2 saturated heterocycles. The van der Waals surface area contributed by atoms with Gasteiger partial charge < -0.3 is 30.3 Å². The van der Waals surface area contributed by atoms with E-state index in [0.29, 0.717) is 19.5 Å². The summed E-state index contributed by atoms with van der Waals surface area (Å²) >= 11 is 0. The fourth-order valence-corrected chi connectivity index (χ4v) is 6.35. The molecular weight excluding hydrogens is 578 g/mol. The van der Waals surface area contributed by atoms with Crippen molar-refractivity contribution in [1.29, 1.82) is 0 Å². The molecule has 46 heavy (non-hydrogen) atoms. The maximum atomic E-state index is 12.4. The summed E-state index contributed by atoms with van der Waals surface area (Å²) in [5.74, 6) is 0. The molecule has 4 aromatic rings. The van der Waals surface area contributed by atoms with E-state index in [9.17, 15) is 15.0 Å². The van der Waals surface area contributed by atoms with Gasteiger partial charge in [0.05, 0.1) is 25.4 Å². The minimum atomic E-state index is -0.532. The van der Waals surface area contributed by atoms with Crippen molar-refractivity contribution in [1.82, 2.24) is 15.5 Å². The van der Waals surface area contributed by atoms with Gasteiger partial charge >= 0.3 is 6.03 Å². The van der Waals surface area contributed by atoms with E-state index in [1.165, 1.54) is 0 Å². The van der Waals surface area contributed by atoms with Crippen molar-refractivity contribution >= 4 is 6.03 Å². The van der Waals surface area contributed by atoms with Crippen molar-refractivity contribution < 1.29 is 24.5 Å². The molecule has 4 aromatic carbocycles. The van der Waals surface area contributed by atoms with E-state index in [4.69, 9.17) is 9.47 Å². The quantitative estimate of drug-likeness (QED) is 0.168.